The molecule has 0 aromatic heterocycles. The highest BCUT2D eigenvalue weighted by atomic mass is 35.5. The average molecular weight is 377 g/mol. The second kappa shape index (κ2) is 7.17. The summed E-state index contributed by atoms with van der Waals surface area (Å²) in [6, 6.07) is 10.0. The van der Waals surface area contributed by atoms with Crippen LogP contribution in [0.5, 0.6) is 5.75 Å². The number of ether oxygens (including phenoxy) is 1. The monoisotopic (exact) mass is 376 g/mol. The molecule has 0 aliphatic carbocycles. The van der Waals surface area contributed by atoms with Crippen LogP contribution in [0.15, 0.2) is 42.5 Å². The van der Waals surface area contributed by atoms with Crippen LogP contribution < -0.4 is 15.4 Å². The SMILES string of the molecule is CC1Oc2ccc(NC(=O)/C=C/c3cc(Cl)ccc3Cl)cc2NC1=O. The van der Waals surface area contributed by atoms with Crippen molar-refractivity contribution in [2.24, 2.45) is 0 Å². The van der Waals surface area contributed by atoms with E-state index in [1.54, 1.807) is 49.4 Å². The Morgan fingerprint density at radius 1 is 1.24 bits per heavy atom. The van der Waals surface area contributed by atoms with E-state index >= 15 is 0 Å². The summed E-state index contributed by atoms with van der Waals surface area (Å²) in [6.45, 7) is 1.67. The van der Waals surface area contributed by atoms with Crippen LogP contribution in [0.4, 0.5) is 11.4 Å². The van der Waals surface area contributed by atoms with Crippen LogP contribution in [0.25, 0.3) is 6.08 Å². The van der Waals surface area contributed by atoms with Gasteiger partial charge in [0.05, 0.1) is 5.69 Å². The van der Waals surface area contributed by atoms with Gasteiger partial charge in [-0.2, -0.15) is 0 Å². The highest BCUT2D eigenvalue weighted by Crippen LogP contribution is 2.32. The largest absolute Gasteiger partial charge is 0.479 e. The van der Waals surface area contributed by atoms with E-state index in [-0.39, 0.29) is 11.8 Å². The van der Waals surface area contributed by atoms with Crippen molar-refractivity contribution in [3.8, 4) is 5.75 Å². The van der Waals surface area contributed by atoms with Crippen molar-refractivity contribution in [2.45, 2.75) is 13.0 Å². The molecule has 0 radical (unpaired) electrons. The molecule has 1 aliphatic rings. The Kier molecular flexibility index (Phi) is 4.97. The third-order valence-corrected chi connectivity index (χ3v) is 4.13. The number of fused-ring (bicyclic) bond motifs is 1. The summed E-state index contributed by atoms with van der Waals surface area (Å²) >= 11 is 12.0. The van der Waals surface area contributed by atoms with E-state index in [4.69, 9.17) is 27.9 Å². The molecule has 128 valence electrons. The van der Waals surface area contributed by atoms with Crippen molar-refractivity contribution in [3.63, 3.8) is 0 Å². The third kappa shape index (κ3) is 4.13. The molecule has 3 rings (SSSR count). The molecule has 2 aromatic rings. The van der Waals surface area contributed by atoms with E-state index in [1.165, 1.54) is 6.08 Å². The number of halogens is 2. The van der Waals surface area contributed by atoms with Gasteiger partial charge in [-0.25, -0.2) is 0 Å². The first-order chi connectivity index (χ1) is 11.9. The minimum atomic E-state index is -0.543. The fourth-order valence-electron chi connectivity index (χ4n) is 2.28. The summed E-state index contributed by atoms with van der Waals surface area (Å²) in [7, 11) is 0. The molecule has 0 spiro atoms. The number of anilines is 2. The van der Waals surface area contributed by atoms with Crippen LogP contribution >= 0.6 is 23.2 Å². The van der Waals surface area contributed by atoms with Crippen LogP contribution in [0.1, 0.15) is 12.5 Å². The third-order valence-electron chi connectivity index (χ3n) is 3.55. The van der Waals surface area contributed by atoms with E-state index in [0.29, 0.717) is 32.7 Å². The number of carbonyl (C=O) groups is 2. The van der Waals surface area contributed by atoms with Crippen LogP contribution in [-0.4, -0.2) is 17.9 Å². The maximum atomic E-state index is 12.1. The lowest BCUT2D eigenvalue weighted by Crippen LogP contribution is -2.34. The zero-order chi connectivity index (χ0) is 18.0. The molecule has 0 fully saturated rings. The number of hydrogen-bond acceptors (Lipinski definition) is 3. The highest BCUT2D eigenvalue weighted by Gasteiger charge is 2.23. The van der Waals surface area contributed by atoms with Gasteiger partial charge in [0.2, 0.25) is 5.91 Å². The number of nitrogens with one attached hydrogen (secondary N) is 2. The summed E-state index contributed by atoms with van der Waals surface area (Å²) in [4.78, 5) is 23.7. The van der Waals surface area contributed by atoms with Crippen molar-refractivity contribution in [1.82, 2.24) is 0 Å². The summed E-state index contributed by atoms with van der Waals surface area (Å²) in [5, 5.41) is 6.47. The molecule has 0 bridgehead atoms. The van der Waals surface area contributed by atoms with Crippen LogP contribution in [0.2, 0.25) is 10.0 Å². The maximum Gasteiger partial charge on any atom is 0.265 e. The number of amides is 2. The van der Waals surface area contributed by atoms with Crippen molar-refractivity contribution < 1.29 is 14.3 Å². The van der Waals surface area contributed by atoms with E-state index in [1.807, 2.05) is 0 Å². The summed E-state index contributed by atoms with van der Waals surface area (Å²) in [5.41, 5.74) is 1.69. The van der Waals surface area contributed by atoms with Crippen LogP contribution in [-0.2, 0) is 9.59 Å². The molecular weight excluding hydrogens is 363 g/mol. The summed E-state index contributed by atoms with van der Waals surface area (Å²) in [5.74, 6) is -0.00904. The Labute approximate surface area is 154 Å². The number of hydrogen-bond donors (Lipinski definition) is 2. The van der Waals surface area contributed by atoms with Gasteiger partial charge in [0, 0.05) is 21.8 Å². The Hall–Kier alpha value is -2.50. The van der Waals surface area contributed by atoms with E-state index in [9.17, 15) is 9.59 Å². The lowest BCUT2D eigenvalue weighted by atomic mass is 10.2. The summed E-state index contributed by atoms with van der Waals surface area (Å²) < 4.78 is 5.47. The van der Waals surface area contributed by atoms with Crippen molar-refractivity contribution in [3.05, 3.63) is 58.1 Å². The second-order valence-electron chi connectivity index (χ2n) is 5.45. The minimum absolute atomic E-state index is 0.230. The Morgan fingerprint density at radius 3 is 2.84 bits per heavy atom. The topological polar surface area (TPSA) is 67.4 Å². The van der Waals surface area contributed by atoms with E-state index in [2.05, 4.69) is 10.6 Å². The smallest absolute Gasteiger partial charge is 0.265 e. The fourth-order valence-corrected chi connectivity index (χ4v) is 2.64. The predicted octanol–water partition coefficient (Wildman–Crippen LogP) is 4.36. The van der Waals surface area contributed by atoms with Gasteiger partial charge in [0.1, 0.15) is 5.75 Å². The Morgan fingerprint density at radius 2 is 2.04 bits per heavy atom. The molecule has 2 aromatic carbocycles. The molecule has 2 amide bonds. The van der Waals surface area contributed by atoms with Gasteiger partial charge in [-0.3, -0.25) is 9.59 Å². The first-order valence-corrected chi connectivity index (χ1v) is 8.23. The standard InChI is InChI=1S/C18H14Cl2N2O3/c1-10-18(24)22-15-9-13(4-6-16(15)25-10)21-17(23)7-2-11-8-12(19)3-5-14(11)20/h2-10H,1H3,(H,21,23)(H,22,24)/b7-2+. The zero-order valence-electron chi connectivity index (χ0n) is 13.2. The Balaban J connectivity index is 1.71. The minimum Gasteiger partial charge on any atom is -0.479 e. The highest BCUT2D eigenvalue weighted by molar-refractivity contribution is 6.34. The quantitative estimate of drug-likeness (QED) is 0.781. The van der Waals surface area contributed by atoms with Crippen LogP contribution in [0.3, 0.4) is 0 Å². The number of rotatable bonds is 3. The number of carbonyl (C=O) groups excluding carboxylic acids is 2. The van der Waals surface area contributed by atoms with Gasteiger partial charge in [-0.15, -0.1) is 0 Å². The predicted molar refractivity (Wildman–Crippen MR) is 99.3 cm³/mol. The van der Waals surface area contributed by atoms with Gasteiger partial charge >= 0.3 is 0 Å². The maximum absolute atomic E-state index is 12.1. The zero-order valence-corrected chi connectivity index (χ0v) is 14.7. The normalized spacial score (nSPS) is 16.1. The first-order valence-electron chi connectivity index (χ1n) is 7.48. The summed E-state index contributed by atoms with van der Waals surface area (Å²) in [6.07, 6.45) is 2.39. The Bertz CT molecular complexity index is 881. The van der Waals surface area contributed by atoms with Gasteiger partial charge in [-0.1, -0.05) is 23.2 Å². The molecule has 1 heterocycles. The lowest BCUT2D eigenvalue weighted by Gasteiger charge is -2.23. The molecule has 5 nitrogen and oxygen atoms in total. The lowest BCUT2D eigenvalue weighted by molar-refractivity contribution is -0.122. The molecule has 1 unspecified atom stereocenters. The number of benzene rings is 2. The first kappa shape index (κ1) is 17.3. The average Bonchev–Trinajstić information content (AvgIpc) is 2.57. The molecule has 1 aliphatic heterocycles. The van der Waals surface area contributed by atoms with Gasteiger partial charge in [-0.05, 0) is 55.0 Å². The molecular formula is C18H14Cl2N2O3. The van der Waals surface area contributed by atoms with E-state index < -0.39 is 6.10 Å². The van der Waals surface area contributed by atoms with Crippen LogP contribution in [0, 0.1) is 0 Å². The molecule has 0 saturated heterocycles. The van der Waals surface area contributed by atoms with Gasteiger partial charge < -0.3 is 15.4 Å². The second-order valence-corrected chi connectivity index (χ2v) is 6.29. The van der Waals surface area contributed by atoms with E-state index in [0.717, 1.165) is 0 Å². The molecule has 0 saturated carbocycles. The molecule has 1 atom stereocenters. The van der Waals surface area contributed by atoms with Crippen molar-refractivity contribution in [2.75, 3.05) is 10.6 Å². The van der Waals surface area contributed by atoms with Gasteiger partial charge in [0.15, 0.2) is 6.10 Å². The van der Waals surface area contributed by atoms with Gasteiger partial charge in [0.25, 0.3) is 5.91 Å². The molecule has 2 N–H and O–H groups in total. The van der Waals surface area contributed by atoms with Crippen molar-refractivity contribution >= 4 is 52.5 Å². The fraction of sp³-hybridized carbons (Fsp3) is 0.111. The molecule has 25 heavy (non-hydrogen) atoms. The van der Waals surface area contributed by atoms with Crippen molar-refractivity contribution in [1.29, 1.82) is 0 Å². The molecule has 7 heteroatoms.